The average Bonchev–Trinajstić information content (AvgIpc) is 3.66. The van der Waals surface area contributed by atoms with Gasteiger partial charge in [0.2, 0.25) is 0 Å². The largest absolute Gasteiger partial charge is 0.507 e. The fourth-order valence-corrected chi connectivity index (χ4v) is 5.40. The van der Waals surface area contributed by atoms with Gasteiger partial charge >= 0.3 is 0 Å². The van der Waals surface area contributed by atoms with E-state index in [1.165, 1.54) is 4.90 Å². The summed E-state index contributed by atoms with van der Waals surface area (Å²) in [5.74, 6) is 0.789. The van der Waals surface area contributed by atoms with E-state index in [4.69, 9.17) is 14.2 Å². The number of benzene rings is 2. The highest BCUT2D eigenvalue weighted by atomic mass is 16.5. The van der Waals surface area contributed by atoms with Gasteiger partial charge in [-0.2, -0.15) is 0 Å². The maximum atomic E-state index is 13.5. The first kappa shape index (κ1) is 28.3. The van der Waals surface area contributed by atoms with Gasteiger partial charge in [0.25, 0.3) is 11.7 Å². The van der Waals surface area contributed by atoms with Crippen molar-refractivity contribution >= 4 is 17.4 Å². The molecule has 3 heterocycles. The predicted octanol–water partition coefficient (Wildman–Crippen LogP) is 5.15. The molecule has 9 nitrogen and oxygen atoms in total. The molecule has 0 unspecified atom stereocenters. The molecule has 41 heavy (non-hydrogen) atoms. The van der Waals surface area contributed by atoms with E-state index in [0.29, 0.717) is 61.1 Å². The molecule has 0 saturated carbocycles. The summed E-state index contributed by atoms with van der Waals surface area (Å²) in [6.45, 7) is 7.74. The Bertz CT molecular complexity index is 1450. The lowest BCUT2D eigenvalue weighted by Gasteiger charge is -2.26. The van der Waals surface area contributed by atoms with Crippen molar-refractivity contribution in [2.45, 2.75) is 58.7 Å². The zero-order valence-corrected chi connectivity index (χ0v) is 24.0. The Morgan fingerprint density at radius 1 is 1.15 bits per heavy atom. The molecule has 1 fully saturated rings. The number of methoxy groups -OCH3 is 1. The van der Waals surface area contributed by atoms with E-state index in [2.05, 4.69) is 18.8 Å². The van der Waals surface area contributed by atoms with E-state index >= 15 is 0 Å². The lowest BCUT2D eigenvalue weighted by atomic mass is 9.94. The summed E-state index contributed by atoms with van der Waals surface area (Å²) < 4.78 is 19.3. The molecule has 1 amide bonds. The Morgan fingerprint density at radius 3 is 2.71 bits per heavy atom. The quantitative estimate of drug-likeness (QED) is 0.197. The summed E-state index contributed by atoms with van der Waals surface area (Å²) in [5.41, 5.74) is 2.14. The van der Waals surface area contributed by atoms with Crippen LogP contribution >= 0.6 is 0 Å². The lowest BCUT2D eigenvalue weighted by molar-refractivity contribution is -0.139. The van der Waals surface area contributed by atoms with E-state index in [9.17, 15) is 14.7 Å². The van der Waals surface area contributed by atoms with E-state index in [1.54, 1.807) is 43.9 Å². The smallest absolute Gasteiger partial charge is 0.295 e. The average molecular weight is 560 g/mol. The van der Waals surface area contributed by atoms with Crippen molar-refractivity contribution in [2.75, 3.05) is 20.3 Å². The number of Topliss-reactive ketones (excluding diaryl/α,β-unsaturated/α-hetero) is 1. The number of fused-ring (bicyclic) bond motifs is 1. The third-order valence-corrected chi connectivity index (χ3v) is 7.54. The number of carbonyl (C=O) groups is 2. The molecule has 5 rings (SSSR count). The summed E-state index contributed by atoms with van der Waals surface area (Å²) in [6, 6.07) is 9.99. The second-order valence-electron chi connectivity index (χ2n) is 11.0. The molecule has 1 aromatic heterocycles. The number of ether oxygens (including phenoxy) is 3. The Hall–Kier alpha value is -4.27. The van der Waals surface area contributed by atoms with Crippen LogP contribution in [0.1, 0.15) is 56.3 Å². The maximum Gasteiger partial charge on any atom is 0.295 e. The van der Waals surface area contributed by atoms with Gasteiger partial charge in [-0.05, 0) is 67.1 Å². The summed E-state index contributed by atoms with van der Waals surface area (Å²) in [5, 5.41) is 11.6. The summed E-state index contributed by atoms with van der Waals surface area (Å²) in [6.07, 6.45) is 7.51. The number of aromatic nitrogens is 2. The van der Waals surface area contributed by atoms with E-state index < -0.39 is 17.7 Å². The Balaban J connectivity index is 1.52. The van der Waals surface area contributed by atoms with Crippen molar-refractivity contribution in [1.82, 2.24) is 14.5 Å². The van der Waals surface area contributed by atoms with Crippen LogP contribution in [-0.4, -0.2) is 57.6 Å². The van der Waals surface area contributed by atoms with Crippen LogP contribution in [0.15, 0.2) is 60.7 Å². The van der Waals surface area contributed by atoms with Crippen LogP contribution in [-0.2, 0) is 22.6 Å². The third kappa shape index (κ3) is 5.94. The van der Waals surface area contributed by atoms with Gasteiger partial charge in [-0.15, -0.1) is 0 Å². The number of likely N-dealkylation sites (tertiary alicyclic amines) is 1. The zero-order valence-electron chi connectivity index (χ0n) is 24.0. The second-order valence-corrected chi connectivity index (χ2v) is 11.0. The fourth-order valence-electron chi connectivity index (χ4n) is 5.40. The number of aliphatic hydroxyl groups excluding tert-OH is 1. The normalized spacial score (nSPS) is 19.5. The number of amides is 1. The molecule has 1 saturated heterocycles. The highest BCUT2D eigenvalue weighted by Gasteiger charge is 2.46. The number of hydrogen-bond acceptors (Lipinski definition) is 7. The van der Waals surface area contributed by atoms with Gasteiger partial charge in [0.1, 0.15) is 17.6 Å². The molecule has 1 N–H and O–H groups in total. The topological polar surface area (TPSA) is 103 Å². The van der Waals surface area contributed by atoms with Crippen molar-refractivity contribution < 1.29 is 28.9 Å². The van der Waals surface area contributed by atoms with E-state index in [1.807, 2.05) is 29.8 Å². The maximum absolute atomic E-state index is 13.5. The van der Waals surface area contributed by atoms with Gasteiger partial charge < -0.3 is 28.8 Å². The van der Waals surface area contributed by atoms with Gasteiger partial charge in [0.15, 0.2) is 11.5 Å². The molecule has 216 valence electrons. The number of carbonyl (C=O) groups excluding carboxylic acids is 2. The number of aliphatic hydroxyl groups is 1. The van der Waals surface area contributed by atoms with E-state index in [0.717, 1.165) is 17.7 Å². The van der Waals surface area contributed by atoms with Crippen molar-refractivity contribution in [2.24, 2.45) is 5.92 Å². The van der Waals surface area contributed by atoms with Gasteiger partial charge in [-0.3, -0.25) is 9.59 Å². The predicted molar refractivity (Wildman–Crippen MR) is 154 cm³/mol. The number of nitrogens with zero attached hydrogens (tertiary/aromatic N) is 3. The molecule has 0 spiro atoms. The minimum absolute atomic E-state index is 0.0391. The molecule has 2 aromatic carbocycles. The molecule has 0 aliphatic carbocycles. The number of ketones is 1. The monoisotopic (exact) mass is 559 g/mol. The van der Waals surface area contributed by atoms with Crippen molar-refractivity contribution in [1.29, 1.82) is 0 Å². The summed E-state index contributed by atoms with van der Waals surface area (Å²) in [4.78, 5) is 32.5. The zero-order chi connectivity index (χ0) is 29.1. The van der Waals surface area contributed by atoms with Gasteiger partial charge in [0, 0.05) is 37.5 Å². The molecule has 0 bridgehead atoms. The highest BCUT2D eigenvalue weighted by molar-refractivity contribution is 6.46. The number of hydrogen-bond donors (Lipinski definition) is 1. The minimum atomic E-state index is -0.792. The van der Waals surface area contributed by atoms with Crippen LogP contribution in [0.4, 0.5) is 0 Å². The fraction of sp³-hybridized carbons (Fsp3) is 0.406. The summed E-state index contributed by atoms with van der Waals surface area (Å²) >= 11 is 0. The van der Waals surface area contributed by atoms with Gasteiger partial charge in [0.05, 0.1) is 31.7 Å². The van der Waals surface area contributed by atoms with Crippen LogP contribution < -0.4 is 14.2 Å². The first-order valence-corrected chi connectivity index (χ1v) is 14.1. The van der Waals surface area contributed by atoms with Crippen molar-refractivity contribution in [3.05, 3.63) is 77.4 Å². The third-order valence-electron chi connectivity index (χ3n) is 7.54. The lowest BCUT2D eigenvalue weighted by Crippen LogP contribution is -2.31. The summed E-state index contributed by atoms with van der Waals surface area (Å²) in [7, 11) is 1.56. The molecule has 2 atom stereocenters. The van der Waals surface area contributed by atoms with Gasteiger partial charge in [-0.1, -0.05) is 19.9 Å². The van der Waals surface area contributed by atoms with Gasteiger partial charge in [-0.25, -0.2) is 4.98 Å². The molecule has 2 aliphatic rings. The second kappa shape index (κ2) is 12.1. The Labute approximate surface area is 240 Å². The first-order chi connectivity index (χ1) is 19.8. The molecular weight excluding hydrogens is 522 g/mol. The van der Waals surface area contributed by atoms with Crippen LogP contribution in [0.5, 0.6) is 17.2 Å². The van der Waals surface area contributed by atoms with Crippen LogP contribution in [0.2, 0.25) is 0 Å². The standard InChI is InChI=1S/C32H37N3O6/c1-20(2)10-15-40-26-9-6-22(18-27(26)39-4)29-28(30(36)23-7-8-25-24(17-23)16-21(3)41-25)31(37)32(38)35(29)13-5-12-34-14-11-33-19-34/h6-9,11,14,17-21,29,36H,5,10,12-13,15-16H2,1-4H3/t21-,29-/m1/s1. The van der Waals surface area contributed by atoms with E-state index in [-0.39, 0.29) is 17.4 Å². The van der Waals surface area contributed by atoms with Crippen LogP contribution in [0, 0.1) is 5.92 Å². The van der Waals surface area contributed by atoms with Crippen LogP contribution in [0.25, 0.3) is 5.76 Å². The molecule has 0 radical (unpaired) electrons. The number of imidazole rings is 1. The SMILES string of the molecule is COc1cc([C@@H]2C(=C(O)c3ccc4c(c3)C[C@@H](C)O4)C(=O)C(=O)N2CCCn2ccnc2)ccc1OCCC(C)C. The molecule has 9 heteroatoms. The first-order valence-electron chi connectivity index (χ1n) is 14.1. The van der Waals surface area contributed by atoms with Crippen LogP contribution in [0.3, 0.4) is 0 Å². The number of aryl methyl sites for hydroxylation is 1. The molecule has 3 aromatic rings. The minimum Gasteiger partial charge on any atom is -0.507 e. The Kier molecular flexibility index (Phi) is 8.33. The highest BCUT2D eigenvalue weighted by Crippen LogP contribution is 2.43. The van der Waals surface area contributed by atoms with Crippen molar-refractivity contribution in [3.63, 3.8) is 0 Å². The number of rotatable bonds is 11. The Morgan fingerprint density at radius 2 is 1.98 bits per heavy atom. The molecule has 2 aliphatic heterocycles. The molecular formula is C32H37N3O6. The van der Waals surface area contributed by atoms with Crippen molar-refractivity contribution in [3.8, 4) is 17.2 Å².